The van der Waals surface area contributed by atoms with E-state index < -0.39 is 0 Å². The van der Waals surface area contributed by atoms with Crippen molar-refractivity contribution >= 4 is 6.21 Å². The van der Waals surface area contributed by atoms with Gasteiger partial charge in [0, 0.05) is 0 Å². The van der Waals surface area contributed by atoms with E-state index >= 15 is 0 Å². The van der Waals surface area contributed by atoms with Gasteiger partial charge >= 0.3 is 0 Å². The van der Waals surface area contributed by atoms with Crippen LogP contribution in [-0.4, -0.2) is 31.6 Å². The summed E-state index contributed by atoms with van der Waals surface area (Å²) in [6.45, 7) is 0. The minimum absolute atomic E-state index is 0.374. The highest BCUT2D eigenvalue weighted by atomic mass is 16.4. The van der Waals surface area contributed by atoms with Gasteiger partial charge in [-0.05, 0) is 22.6 Å². The smallest absolute Gasteiger partial charge is 0.201 e. The van der Waals surface area contributed by atoms with Gasteiger partial charge < -0.3 is 5.21 Å². The third-order valence-electron chi connectivity index (χ3n) is 1.67. The Kier molecular flexibility index (Phi) is 2.18. The summed E-state index contributed by atoms with van der Waals surface area (Å²) in [6.07, 6.45) is 1.17. The SMILES string of the molecule is O/N=C/c1nnnn1-c1ccccc1. The Bertz CT molecular complexity index is 436. The molecule has 1 aromatic heterocycles. The van der Waals surface area contributed by atoms with E-state index in [1.807, 2.05) is 30.3 Å². The van der Waals surface area contributed by atoms with E-state index in [0.717, 1.165) is 5.69 Å². The topological polar surface area (TPSA) is 76.2 Å². The summed E-state index contributed by atoms with van der Waals surface area (Å²) < 4.78 is 1.47. The lowest BCUT2D eigenvalue weighted by Crippen LogP contribution is -2.01. The van der Waals surface area contributed by atoms with Crippen LogP contribution in [0.3, 0.4) is 0 Å². The average Bonchev–Trinajstić information content (AvgIpc) is 2.68. The molecule has 0 aliphatic heterocycles. The second kappa shape index (κ2) is 3.65. The fourth-order valence-corrected chi connectivity index (χ4v) is 1.08. The molecule has 6 nitrogen and oxygen atoms in total. The lowest BCUT2D eigenvalue weighted by Gasteiger charge is -1.98. The minimum atomic E-state index is 0.374. The van der Waals surface area contributed by atoms with E-state index in [0.29, 0.717) is 5.82 Å². The molecule has 0 aliphatic rings. The Balaban J connectivity index is 2.47. The monoisotopic (exact) mass is 189 g/mol. The molecule has 2 rings (SSSR count). The van der Waals surface area contributed by atoms with Crippen molar-refractivity contribution < 1.29 is 5.21 Å². The molecule has 2 aromatic rings. The van der Waals surface area contributed by atoms with Crippen LogP contribution < -0.4 is 0 Å². The predicted molar refractivity (Wildman–Crippen MR) is 48.5 cm³/mol. The summed E-state index contributed by atoms with van der Waals surface area (Å²) in [5, 5.41) is 22.2. The summed E-state index contributed by atoms with van der Waals surface area (Å²) in [6, 6.07) is 9.34. The van der Waals surface area contributed by atoms with Gasteiger partial charge in [-0.25, -0.2) is 0 Å². The van der Waals surface area contributed by atoms with Gasteiger partial charge in [0.1, 0.15) is 6.21 Å². The molecule has 0 spiro atoms. The van der Waals surface area contributed by atoms with Gasteiger partial charge in [0.2, 0.25) is 5.82 Å². The number of aromatic nitrogens is 4. The van der Waals surface area contributed by atoms with Gasteiger partial charge in [-0.2, -0.15) is 4.68 Å². The highest BCUT2D eigenvalue weighted by Crippen LogP contribution is 2.04. The molecule has 14 heavy (non-hydrogen) atoms. The van der Waals surface area contributed by atoms with Crippen LogP contribution in [0.4, 0.5) is 0 Å². The van der Waals surface area contributed by atoms with Crippen molar-refractivity contribution in [2.75, 3.05) is 0 Å². The van der Waals surface area contributed by atoms with Crippen molar-refractivity contribution in [1.82, 2.24) is 20.2 Å². The molecule has 0 unspecified atom stereocenters. The van der Waals surface area contributed by atoms with Crippen LogP contribution in [0.2, 0.25) is 0 Å². The van der Waals surface area contributed by atoms with Crippen LogP contribution >= 0.6 is 0 Å². The molecule has 0 bridgehead atoms. The molecule has 0 radical (unpaired) electrons. The summed E-state index contributed by atoms with van der Waals surface area (Å²) in [5.41, 5.74) is 0.812. The minimum Gasteiger partial charge on any atom is -0.411 e. The number of hydrogen-bond acceptors (Lipinski definition) is 5. The number of hydrogen-bond donors (Lipinski definition) is 1. The first kappa shape index (κ1) is 8.36. The maximum atomic E-state index is 8.37. The zero-order valence-electron chi connectivity index (χ0n) is 7.15. The fourth-order valence-electron chi connectivity index (χ4n) is 1.08. The van der Waals surface area contributed by atoms with Gasteiger partial charge in [-0.15, -0.1) is 5.10 Å². The highest BCUT2D eigenvalue weighted by Gasteiger charge is 2.04. The summed E-state index contributed by atoms with van der Waals surface area (Å²) in [5.74, 6) is 0.374. The largest absolute Gasteiger partial charge is 0.411 e. The molecule has 0 saturated heterocycles. The Labute approximate surface area is 79.5 Å². The molecule has 0 atom stereocenters. The first-order valence-corrected chi connectivity index (χ1v) is 3.93. The maximum Gasteiger partial charge on any atom is 0.201 e. The van der Waals surface area contributed by atoms with Crippen molar-refractivity contribution in [3.8, 4) is 5.69 Å². The van der Waals surface area contributed by atoms with E-state index in [2.05, 4.69) is 20.7 Å². The first-order chi connectivity index (χ1) is 6.92. The van der Waals surface area contributed by atoms with Crippen LogP contribution in [0.25, 0.3) is 5.69 Å². The maximum absolute atomic E-state index is 8.37. The number of nitrogens with zero attached hydrogens (tertiary/aromatic N) is 5. The van der Waals surface area contributed by atoms with E-state index in [1.165, 1.54) is 10.9 Å². The third-order valence-corrected chi connectivity index (χ3v) is 1.67. The van der Waals surface area contributed by atoms with Crippen molar-refractivity contribution in [2.45, 2.75) is 0 Å². The van der Waals surface area contributed by atoms with Crippen molar-refractivity contribution in [3.63, 3.8) is 0 Å². The Morgan fingerprint density at radius 1 is 1.29 bits per heavy atom. The highest BCUT2D eigenvalue weighted by molar-refractivity contribution is 5.74. The van der Waals surface area contributed by atoms with Crippen LogP contribution in [-0.2, 0) is 0 Å². The van der Waals surface area contributed by atoms with Crippen molar-refractivity contribution in [3.05, 3.63) is 36.2 Å². The molecule has 70 valence electrons. The lowest BCUT2D eigenvalue weighted by molar-refractivity contribution is 0.321. The Morgan fingerprint density at radius 3 is 2.79 bits per heavy atom. The molecule has 1 heterocycles. The van der Waals surface area contributed by atoms with Gasteiger partial charge in [-0.1, -0.05) is 23.4 Å². The second-order valence-corrected chi connectivity index (χ2v) is 2.53. The fraction of sp³-hybridized carbons (Fsp3) is 0. The van der Waals surface area contributed by atoms with Gasteiger partial charge in [0.05, 0.1) is 5.69 Å². The van der Waals surface area contributed by atoms with Crippen molar-refractivity contribution in [1.29, 1.82) is 0 Å². The molecule has 1 aromatic carbocycles. The Hall–Kier alpha value is -2.24. The van der Waals surface area contributed by atoms with E-state index in [-0.39, 0.29) is 0 Å². The zero-order valence-corrected chi connectivity index (χ0v) is 7.15. The number of oxime groups is 1. The first-order valence-electron chi connectivity index (χ1n) is 3.93. The molecule has 0 saturated carbocycles. The number of tetrazole rings is 1. The summed E-state index contributed by atoms with van der Waals surface area (Å²) >= 11 is 0. The van der Waals surface area contributed by atoms with Gasteiger partial charge in [-0.3, -0.25) is 0 Å². The number of benzene rings is 1. The van der Waals surface area contributed by atoms with E-state index in [4.69, 9.17) is 5.21 Å². The molecule has 6 heteroatoms. The summed E-state index contributed by atoms with van der Waals surface area (Å²) in [4.78, 5) is 0. The van der Waals surface area contributed by atoms with E-state index in [1.54, 1.807) is 0 Å². The second-order valence-electron chi connectivity index (χ2n) is 2.53. The number of rotatable bonds is 2. The molecular formula is C8H7N5O. The third kappa shape index (κ3) is 1.45. The molecule has 0 fully saturated rings. The molecular weight excluding hydrogens is 182 g/mol. The van der Waals surface area contributed by atoms with Crippen LogP contribution in [0.5, 0.6) is 0 Å². The predicted octanol–water partition coefficient (Wildman–Crippen LogP) is 0.470. The standard InChI is InChI=1S/C8H7N5O/c14-9-6-8-10-11-12-13(8)7-4-2-1-3-5-7/h1-6,14H/b9-6+. The van der Waals surface area contributed by atoms with Gasteiger partial charge in [0.15, 0.2) is 0 Å². The van der Waals surface area contributed by atoms with Crippen LogP contribution in [0, 0.1) is 0 Å². The molecule has 0 aliphatic carbocycles. The zero-order chi connectivity index (χ0) is 9.80. The van der Waals surface area contributed by atoms with Crippen molar-refractivity contribution in [2.24, 2.45) is 5.16 Å². The quantitative estimate of drug-likeness (QED) is 0.423. The Morgan fingerprint density at radius 2 is 2.07 bits per heavy atom. The lowest BCUT2D eigenvalue weighted by atomic mass is 10.3. The average molecular weight is 189 g/mol. The number of para-hydroxylation sites is 1. The molecule has 0 amide bonds. The van der Waals surface area contributed by atoms with Crippen LogP contribution in [0.1, 0.15) is 5.82 Å². The van der Waals surface area contributed by atoms with Crippen LogP contribution in [0.15, 0.2) is 35.5 Å². The molecule has 1 N–H and O–H groups in total. The summed E-state index contributed by atoms with van der Waals surface area (Å²) in [7, 11) is 0. The normalized spacial score (nSPS) is 10.9. The van der Waals surface area contributed by atoms with Gasteiger partial charge in [0.25, 0.3) is 0 Å². The van der Waals surface area contributed by atoms with E-state index in [9.17, 15) is 0 Å².